The van der Waals surface area contributed by atoms with E-state index < -0.39 is 13.1 Å². The van der Waals surface area contributed by atoms with Crippen LogP contribution in [0, 0.1) is 13.8 Å². The lowest BCUT2D eigenvalue weighted by Crippen LogP contribution is -2.39. The zero-order valence-corrected chi connectivity index (χ0v) is 16.7. The Morgan fingerprint density at radius 2 is 1.87 bits per heavy atom. The SMILES string of the molecule is [2H]C1([2H])Oc2ccc(OC3CCN(c4nn5c(=O)ccnc5c(C)c4C)CC3)cc2OC1([2H])[2H]. The van der Waals surface area contributed by atoms with Crippen molar-refractivity contribution in [3.63, 3.8) is 0 Å². The smallest absolute Gasteiger partial charge is 0.274 e. The second-order valence-corrected chi connectivity index (χ2v) is 7.41. The second kappa shape index (κ2) is 7.51. The fourth-order valence-electron chi connectivity index (χ4n) is 3.81. The standard InChI is InChI=1S/C22H24N4O4/c1-14-15(2)22(24-26-20(27)5-8-23-21(14)26)25-9-6-16(7-10-25)30-17-3-4-18-19(13-17)29-12-11-28-18/h3-5,8,13,16H,6-7,9-12H2,1-2H3/i11D2,12D2. The van der Waals surface area contributed by atoms with Gasteiger partial charge < -0.3 is 19.1 Å². The van der Waals surface area contributed by atoms with Crippen molar-refractivity contribution in [3.05, 3.63) is 51.9 Å². The van der Waals surface area contributed by atoms with Crippen molar-refractivity contribution in [2.75, 3.05) is 31.1 Å². The molecule has 2 aliphatic heterocycles. The Morgan fingerprint density at radius 3 is 2.67 bits per heavy atom. The van der Waals surface area contributed by atoms with Gasteiger partial charge in [-0.1, -0.05) is 0 Å². The molecule has 30 heavy (non-hydrogen) atoms. The van der Waals surface area contributed by atoms with Gasteiger partial charge in [0, 0.05) is 55.4 Å². The maximum absolute atomic E-state index is 12.3. The molecule has 8 heteroatoms. The van der Waals surface area contributed by atoms with E-state index in [1.54, 1.807) is 6.07 Å². The van der Waals surface area contributed by atoms with Gasteiger partial charge in [-0.05, 0) is 26.0 Å². The van der Waals surface area contributed by atoms with Gasteiger partial charge in [0.2, 0.25) is 0 Å². The van der Waals surface area contributed by atoms with Crippen LogP contribution in [0.3, 0.4) is 0 Å². The van der Waals surface area contributed by atoms with E-state index in [-0.39, 0.29) is 23.2 Å². The number of benzene rings is 1. The first-order valence-corrected chi connectivity index (χ1v) is 9.85. The minimum Gasteiger partial charge on any atom is -0.490 e. The number of ether oxygens (including phenoxy) is 3. The summed E-state index contributed by atoms with van der Waals surface area (Å²) < 4.78 is 48.6. The van der Waals surface area contributed by atoms with Crippen molar-refractivity contribution >= 4 is 11.5 Å². The average Bonchev–Trinajstić information content (AvgIpc) is 2.78. The van der Waals surface area contributed by atoms with Crippen LogP contribution in [0.25, 0.3) is 5.65 Å². The summed E-state index contributed by atoms with van der Waals surface area (Å²) >= 11 is 0. The molecule has 3 aromatic rings. The number of anilines is 1. The second-order valence-electron chi connectivity index (χ2n) is 7.41. The topological polar surface area (TPSA) is 78.2 Å². The molecule has 0 unspecified atom stereocenters. The summed E-state index contributed by atoms with van der Waals surface area (Å²) in [5.41, 5.74) is 2.24. The number of hydrogen-bond donors (Lipinski definition) is 0. The van der Waals surface area contributed by atoms with Gasteiger partial charge in [0.05, 0.1) is 5.48 Å². The molecule has 2 aliphatic rings. The van der Waals surface area contributed by atoms with Crippen molar-refractivity contribution < 1.29 is 19.7 Å². The predicted octanol–water partition coefficient (Wildman–Crippen LogP) is 2.53. The third kappa shape index (κ3) is 3.32. The zero-order valence-electron chi connectivity index (χ0n) is 20.7. The molecule has 156 valence electrons. The number of hydrogen-bond acceptors (Lipinski definition) is 7. The summed E-state index contributed by atoms with van der Waals surface area (Å²) in [4.78, 5) is 18.7. The molecule has 5 rings (SSSR count). The molecule has 0 bridgehead atoms. The van der Waals surface area contributed by atoms with Gasteiger partial charge in [0.1, 0.15) is 25.0 Å². The van der Waals surface area contributed by atoms with Crippen molar-refractivity contribution in [2.45, 2.75) is 32.8 Å². The minimum absolute atomic E-state index is 0.0757. The van der Waals surface area contributed by atoms with Crippen LogP contribution in [0.5, 0.6) is 17.2 Å². The fourth-order valence-corrected chi connectivity index (χ4v) is 3.81. The summed E-state index contributed by atoms with van der Waals surface area (Å²) in [5, 5.41) is 4.57. The average molecular weight is 412 g/mol. The summed E-state index contributed by atoms with van der Waals surface area (Å²) in [6, 6.07) is 6.09. The Bertz CT molecular complexity index is 1320. The maximum Gasteiger partial charge on any atom is 0.274 e. The molecule has 0 N–H and O–H groups in total. The Morgan fingerprint density at radius 1 is 1.10 bits per heavy atom. The van der Waals surface area contributed by atoms with E-state index in [1.165, 1.54) is 28.9 Å². The van der Waals surface area contributed by atoms with Gasteiger partial charge in [0.25, 0.3) is 5.56 Å². The van der Waals surface area contributed by atoms with E-state index >= 15 is 0 Å². The monoisotopic (exact) mass is 412 g/mol. The van der Waals surface area contributed by atoms with E-state index in [0.717, 1.165) is 29.8 Å². The quantitative estimate of drug-likeness (QED) is 0.654. The van der Waals surface area contributed by atoms with Gasteiger partial charge in [0.15, 0.2) is 23.0 Å². The Kier molecular flexibility index (Phi) is 3.67. The molecule has 1 aromatic carbocycles. The molecule has 0 aliphatic carbocycles. The molecule has 0 radical (unpaired) electrons. The number of rotatable bonds is 3. The Hall–Kier alpha value is -3.29. The number of aromatic nitrogens is 3. The number of nitrogens with zero attached hydrogens (tertiary/aromatic N) is 4. The molecule has 1 saturated heterocycles. The van der Waals surface area contributed by atoms with Crippen molar-refractivity contribution in [1.29, 1.82) is 0 Å². The summed E-state index contributed by atoms with van der Waals surface area (Å²) in [5.74, 6) is 1.47. The molecule has 2 aromatic heterocycles. The number of aryl methyl sites for hydroxylation is 1. The van der Waals surface area contributed by atoms with Gasteiger partial charge in [-0.3, -0.25) is 4.79 Å². The molecule has 0 atom stereocenters. The van der Waals surface area contributed by atoms with Crippen LogP contribution in [0.1, 0.15) is 29.5 Å². The minimum atomic E-state index is -2.62. The van der Waals surface area contributed by atoms with Crippen LogP contribution in [0.2, 0.25) is 0 Å². The van der Waals surface area contributed by atoms with E-state index in [0.29, 0.717) is 24.5 Å². The highest BCUT2D eigenvalue weighted by atomic mass is 16.6. The number of fused-ring (bicyclic) bond motifs is 2. The summed E-state index contributed by atoms with van der Waals surface area (Å²) in [6.07, 6.45) is 2.86. The van der Waals surface area contributed by atoms with E-state index in [1.807, 2.05) is 13.8 Å². The van der Waals surface area contributed by atoms with E-state index in [9.17, 15) is 4.79 Å². The Labute approximate surface area is 179 Å². The normalized spacial score (nSPS) is 22.0. The first kappa shape index (κ1) is 14.7. The largest absolute Gasteiger partial charge is 0.490 e. The molecule has 1 fully saturated rings. The molecule has 4 heterocycles. The lowest BCUT2D eigenvalue weighted by Gasteiger charge is -2.34. The third-order valence-electron chi connectivity index (χ3n) is 5.57. The molecule has 0 spiro atoms. The first-order chi connectivity index (χ1) is 16.1. The van der Waals surface area contributed by atoms with Crippen LogP contribution in [-0.2, 0) is 0 Å². The highest BCUT2D eigenvalue weighted by Crippen LogP contribution is 2.34. The Balaban J connectivity index is 1.30. The van der Waals surface area contributed by atoms with E-state index in [2.05, 4.69) is 15.0 Å². The molecule has 0 amide bonds. The van der Waals surface area contributed by atoms with Crippen LogP contribution >= 0.6 is 0 Å². The van der Waals surface area contributed by atoms with Gasteiger partial charge >= 0.3 is 0 Å². The van der Waals surface area contributed by atoms with E-state index in [4.69, 9.17) is 19.7 Å². The molecule has 8 nitrogen and oxygen atoms in total. The molecular weight excluding hydrogens is 384 g/mol. The van der Waals surface area contributed by atoms with Crippen LogP contribution in [0.4, 0.5) is 5.82 Å². The zero-order chi connectivity index (χ0) is 24.3. The van der Waals surface area contributed by atoms with Gasteiger partial charge in [-0.25, -0.2) is 4.98 Å². The number of piperidine rings is 1. The third-order valence-corrected chi connectivity index (χ3v) is 5.57. The summed E-state index contributed by atoms with van der Waals surface area (Å²) in [7, 11) is 0. The molecule has 0 saturated carbocycles. The summed E-state index contributed by atoms with van der Waals surface area (Å²) in [6.45, 7) is 0.0785. The highest BCUT2D eigenvalue weighted by Gasteiger charge is 2.25. The first-order valence-electron chi connectivity index (χ1n) is 11.8. The van der Waals surface area contributed by atoms with Crippen molar-refractivity contribution in [3.8, 4) is 17.2 Å². The maximum atomic E-state index is 12.3. The fraction of sp³-hybridized carbons (Fsp3) is 0.409. The lowest BCUT2D eigenvalue weighted by atomic mass is 10.1. The van der Waals surface area contributed by atoms with Crippen molar-refractivity contribution in [2.24, 2.45) is 0 Å². The van der Waals surface area contributed by atoms with Gasteiger partial charge in [-0.2, -0.15) is 4.52 Å². The predicted molar refractivity (Wildman–Crippen MR) is 112 cm³/mol. The highest BCUT2D eigenvalue weighted by molar-refractivity contribution is 5.59. The van der Waals surface area contributed by atoms with Crippen LogP contribution in [-0.4, -0.2) is 46.9 Å². The van der Waals surface area contributed by atoms with Crippen molar-refractivity contribution in [1.82, 2.24) is 14.6 Å². The van der Waals surface area contributed by atoms with Crippen LogP contribution in [0.15, 0.2) is 35.3 Å². The molecular formula is C22H24N4O4. The van der Waals surface area contributed by atoms with Gasteiger partial charge in [-0.15, -0.1) is 5.10 Å². The lowest BCUT2D eigenvalue weighted by molar-refractivity contribution is 0.159. The van der Waals surface area contributed by atoms with Crippen LogP contribution < -0.4 is 24.7 Å².